The van der Waals surface area contributed by atoms with Crippen molar-refractivity contribution in [3.8, 4) is 5.75 Å². The summed E-state index contributed by atoms with van der Waals surface area (Å²) < 4.78 is 7.34. The van der Waals surface area contributed by atoms with Gasteiger partial charge in [-0.3, -0.25) is 19.1 Å². The Morgan fingerprint density at radius 2 is 1.97 bits per heavy atom. The molecule has 3 aromatic rings. The molecule has 0 unspecified atom stereocenters. The molecule has 5 rings (SSSR count). The molecule has 2 aliphatic rings. The second-order valence-electron chi connectivity index (χ2n) is 9.39. The second kappa shape index (κ2) is 9.29. The second-order valence-corrected chi connectivity index (χ2v) is 10.3. The van der Waals surface area contributed by atoms with Crippen molar-refractivity contribution in [1.82, 2.24) is 9.55 Å². The standard InChI is InChI=1S/C26H31N3O3S/c1-17-21(15-24(30)28(16-18-8-9-18)26-27-12-13-33-26)22-14-20(32-2)10-11-23(22)29(17)25(31)19-6-4-3-5-7-19/h10-14,18-19H,3-9,15-16H2,1-2H3. The SMILES string of the molecule is COc1ccc2c(c1)c(CC(=O)N(CC1CC1)c1nccs1)c(C)n2C(=O)C1CCCCC1. The Hall–Kier alpha value is -2.67. The summed E-state index contributed by atoms with van der Waals surface area (Å²) in [5, 5.41) is 3.59. The quantitative estimate of drug-likeness (QED) is 0.454. The highest BCUT2D eigenvalue weighted by Gasteiger charge is 2.31. The molecule has 2 aliphatic carbocycles. The van der Waals surface area contributed by atoms with E-state index in [4.69, 9.17) is 4.74 Å². The molecule has 2 heterocycles. The summed E-state index contributed by atoms with van der Waals surface area (Å²) in [5.74, 6) is 1.55. The van der Waals surface area contributed by atoms with E-state index in [1.54, 1.807) is 13.3 Å². The molecule has 2 saturated carbocycles. The molecule has 2 aromatic heterocycles. The minimum Gasteiger partial charge on any atom is -0.497 e. The molecule has 0 spiro atoms. The Kier molecular flexibility index (Phi) is 6.23. The van der Waals surface area contributed by atoms with Crippen LogP contribution in [0.5, 0.6) is 5.75 Å². The van der Waals surface area contributed by atoms with E-state index in [-0.39, 0.29) is 24.2 Å². The van der Waals surface area contributed by atoms with Crippen LogP contribution in [0, 0.1) is 18.8 Å². The number of carbonyl (C=O) groups is 2. The Balaban J connectivity index is 1.53. The van der Waals surface area contributed by atoms with E-state index in [1.807, 2.05) is 40.0 Å². The minimum absolute atomic E-state index is 0.0342. The molecule has 6 nitrogen and oxygen atoms in total. The van der Waals surface area contributed by atoms with Gasteiger partial charge in [-0.05, 0) is 62.3 Å². The zero-order chi connectivity index (χ0) is 22.9. The summed E-state index contributed by atoms with van der Waals surface area (Å²) in [5.41, 5.74) is 2.65. The number of methoxy groups -OCH3 is 1. The number of ether oxygens (including phenoxy) is 1. The molecule has 0 bridgehead atoms. The molecular weight excluding hydrogens is 434 g/mol. The number of nitrogens with zero attached hydrogens (tertiary/aromatic N) is 3. The topological polar surface area (TPSA) is 64.4 Å². The number of aromatic nitrogens is 2. The summed E-state index contributed by atoms with van der Waals surface area (Å²) >= 11 is 1.50. The fourth-order valence-electron chi connectivity index (χ4n) is 5.07. The molecule has 1 aromatic carbocycles. The molecule has 2 fully saturated rings. The summed E-state index contributed by atoms with van der Waals surface area (Å²) in [6.07, 6.45) is 9.64. The van der Waals surface area contributed by atoms with Crippen LogP contribution in [-0.2, 0) is 11.2 Å². The maximum absolute atomic E-state index is 13.6. The van der Waals surface area contributed by atoms with Gasteiger partial charge in [-0.15, -0.1) is 11.3 Å². The minimum atomic E-state index is 0.0342. The first kappa shape index (κ1) is 22.1. The van der Waals surface area contributed by atoms with Gasteiger partial charge in [0.15, 0.2) is 5.13 Å². The number of rotatable bonds is 7. The van der Waals surface area contributed by atoms with E-state index in [2.05, 4.69) is 4.98 Å². The molecule has 0 atom stereocenters. The van der Waals surface area contributed by atoms with Gasteiger partial charge in [-0.1, -0.05) is 19.3 Å². The highest BCUT2D eigenvalue weighted by Crippen LogP contribution is 2.35. The number of thiazole rings is 1. The average molecular weight is 466 g/mol. The normalized spacial score (nSPS) is 16.8. The van der Waals surface area contributed by atoms with Gasteiger partial charge in [-0.25, -0.2) is 4.98 Å². The predicted molar refractivity (Wildman–Crippen MR) is 131 cm³/mol. The number of fused-ring (bicyclic) bond motifs is 1. The molecule has 0 saturated heterocycles. The van der Waals surface area contributed by atoms with Gasteiger partial charge in [0.25, 0.3) is 0 Å². The van der Waals surface area contributed by atoms with E-state index in [0.29, 0.717) is 12.5 Å². The van der Waals surface area contributed by atoms with E-state index < -0.39 is 0 Å². The lowest BCUT2D eigenvalue weighted by Crippen LogP contribution is -2.34. The first-order valence-electron chi connectivity index (χ1n) is 12.0. The van der Waals surface area contributed by atoms with Crippen LogP contribution in [0.1, 0.15) is 61.0 Å². The zero-order valence-corrected chi connectivity index (χ0v) is 20.2. The summed E-state index contributed by atoms with van der Waals surface area (Å²) in [4.78, 5) is 33.4. The highest BCUT2D eigenvalue weighted by molar-refractivity contribution is 7.13. The molecule has 0 N–H and O–H groups in total. The van der Waals surface area contributed by atoms with Gasteiger partial charge < -0.3 is 4.74 Å². The van der Waals surface area contributed by atoms with E-state index in [1.165, 1.54) is 30.6 Å². The summed E-state index contributed by atoms with van der Waals surface area (Å²) in [6, 6.07) is 5.82. The largest absolute Gasteiger partial charge is 0.497 e. The molecular formula is C26H31N3O3S. The zero-order valence-electron chi connectivity index (χ0n) is 19.4. The Morgan fingerprint density at radius 3 is 2.64 bits per heavy atom. The lowest BCUT2D eigenvalue weighted by molar-refractivity contribution is -0.118. The number of hydrogen-bond acceptors (Lipinski definition) is 5. The number of anilines is 1. The molecule has 0 aliphatic heterocycles. The van der Waals surface area contributed by atoms with Crippen molar-refractivity contribution in [2.24, 2.45) is 11.8 Å². The molecule has 7 heteroatoms. The fourth-order valence-corrected chi connectivity index (χ4v) is 5.74. The molecule has 33 heavy (non-hydrogen) atoms. The molecule has 0 radical (unpaired) electrons. The molecule has 1 amide bonds. The van der Waals surface area contributed by atoms with E-state index in [0.717, 1.165) is 58.7 Å². The monoisotopic (exact) mass is 465 g/mol. The van der Waals surface area contributed by atoms with Crippen LogP contribution < -0.4 is 9.64 Å². The predicted octanol–water partition coefficient (Wildman–Crippen LogP) is 5.62. The van der Waals surface area contributed by atoms with Crippen molar-refractivity contribution in [1.29, 1.82) is 0 Å². The maximum atomic E-state index is 13.6. The third kappa shape index (κ3) is 4.43. The number of carbonyl (C=O) groups excluding carboxylic acids is 2. The van der Waals surface area contributed by atoms with Crippen LogP contribution >= 0.6 is 11.3 Å². The fraction of sp³-hybridized carbons (Fsp3) is 0.500. The van der Waals surface area contributed by atoms with Crippen molar-refractivity contribution in [2.75, 3.05) is 18.6 Å². The Bertz CT molecular complexity index is 1160. The first-order chi connectivity index (χ1) is 16.1. The summed E-state index contributed by atoms with van der Waals surface area (Å²) in [6.45, 7) is 2.69. The maximum Gasteiger partial charge on any atom is 0.234 e. The van der Waals surface area contributed by atoms with Crippen LogP contribution in [-0.4, -0.2) is 35.0 Å². The van der Waals surface area contributed by atoms with Gasteiger partial charge in [0, 0.05) is 35.1 Å². The first-order valence-corrected chi connectivity index (χ1v) is 12.9. The van der Waals surface area contributed by atoms with Crippen LogP contribution in [0.15, 0.2) is 29.8 Å². The lowest BCUT2D eigenvalue weighted by Gasteiger charge is -2.22. The van der Waals surface area contributed by atoms with E-state index in [9.17, 15) is 9.59 Å². The van der Waals surface area contributed by atoms with Crippen molar-refractivity contribution >= 4 is 39.2 Å². The summed E-state index contributed by atoms with van der Waals surface area (Å²) in [7, 11) is 1.64. The van der Waals surface area contributed by atoms with Crippen molar-refractivity contribution < 1.29 is 14.3 Å². The number of hydrogen-bond donors (Lipinski definition) is 0. The number of benzene rings is 1. The molecule has 174 valence electrons. The Labute approximate surface area is 198 Å². The van der Waals surface area contributed by atoms with Gasteiger partial charge >= 0.3 is 0 Å². The van der Waals surface area contributed by atoms with Crippen LogP contribution in [0.2, 0.25) is 0 Å². The third-order valence-electron chi connectivity index (χ3n) is 7.13. The van der Waals surface area contributed by atoms with Crippen molar-refractivity contribution in [3.63, 3.8) is 0 Å². The van der Waals surface area contributed by atoms with Crippen LogP contribution in [0.4, 0.5) is 5.13 Å². The van der Waals surface area contributed by atoms with Gasteiger partial charge in [-0.2, -0.15) is 0 Å². The third-order valence-corrected chi connectivity index (χ3v) is 7.93. The van der Waals surface area contributed by atoms with E-state index >= 15 is 0 Å². The van der Waals surface area contributed by atoms with Crippen LogP contribution in [0.3, 0.4) is 0 Å². The highest BCUT2D eigenvalue weighted by atomic mass is 32.1. The van der Waals surface area contributed by atoms with Gasteiger partial charge in [0.1, 0.15) is 5.75 Å². The van der Waals surface area contributed by atoms with Gasteiger partial charge in [0.05, 0.1) is 19.0 Å². The van der Waals surface area contributed by atoms with Crippen LogP contribution in [0.25, 0.3) is 10.9 Å². The van der Waals surface area contributed by atoms with Crippen molar-refractivity contribution in [2.45, 2.75) is 58.3 Å². The average Bonchev–Trinajstić information content (AvgIpc) is 3.42. The van der Waals surface area contributed by atoms with Gasteiger partial charge in [0.2, 0.25) is 11.8 Å². The smallest absolute Gasteiger partial charge is 0.234 e. The lowest BCUT2D eigenvalue weighted by atomic mass is 9.88. The van der Waals surface area contributed by atoms with Crippen molar-refractivity contribution in [3.05, 3.63) is 41.0 Å². The Morgan fingerprint density at radius 1 is 1.18 bits per heavy atom. The number of amides is 1.